The van der Waals surface area contributed by atoms with E-state index in [4.69, 9.17) is 0 Å². The fourth-order valence-corrected chi connectivity index (χ4v) is 0.895. The Morgan fingerprint density at radius 1 is 1.25 bits per heavy atom. The zero-order valence-corrected chi connectivity index (χ0v) is 10.5. The third-order valence-electron chi connectivity index (χ3n) is 1.83. The number of hydrogen-bond donors (Lipinski definition) is 0. The van der Waals surface area contributed by atoms with E-state index < -0.39 is 0 Å². The van der Waals surface area contributed by atoms with Crippen molar-refractivity contribution in [3.63, 3.8) is 0 Å². The Labute approximate surface area is 97.9 Å². The maximum atomic E-state index is 10.6. The van der Waals surface area contributed by atoms with Gasteiger partial charge in [-0.1, -0.05) is 43.0 Å². The van der Waals surface area contributed by atoms with Gasteiger partial charge in [-0.2, -0.15) is 0 Å². The summed E-state index contributed by atoms with van der Waals surface area (Å²) in [5.74, 6) is -0.169. The largest absolute Gasteiger partial charge is 0.469 e. The van der Waals surface area contributed by atoms with Gasteiger partial charge in [0.15, 0.2) is 0 Å². The van der Waals surface area contributed by atoms with E-state index in [0.717, 1.165) is 0 Å². The molecule has 1 aromatic carbocycles. The molecule has 0 saturated carbocycles. The molecule has 0 aliphatic carbocycles. The Hall–Kier alpha value is -1.57. The molecule has 0 aliphatic rings. The monoisotopic (exact) mass is 220 g/mol. The Morgan fingerprint density at radius 2 is 1.75 bits per heavy atom. The lowest BCUT2D eigenvalue weighted by molar-refractivity contribution is -0.149. The predicted molar refractivity (Wildman–Crippen MR) is 68.0 cm³/mol. The molecule has 1 aromatic rings. The van der Waals surface area contributed by atoms with Crippen LogP contribution in [-0.4, -0.2) is 13.1 Å². The molecule has 0 bridgehead atoms. The third-order valence-corrected chi connectivity index (χ3v) is 1.83. The van der Waals surface area contributed by atoms with E-state index in [0.29, 0.717) is 0 Å². The van der Waals surface area contributed by atoms with Gasteiger partial charge in [0.1, 0.15) is 0 Å². The molecule has 16 heavy (non-hydrogen) atoms. The Kier molecular flexibility index (Phi) is 6.16. The standard InChI is InChI=1S/C8H8.C6H12O2/c1-2-8-6-4-3-5-7-8;1-6(2,3)5(7)8-4/h2-7H,1H2;1-4H3. The van der Waals surface area contributed by atoms with Crippen molar-refractivity contribution in [3.8, 4) is 0 Å². The van der Waals surface area contributed by atoms with E-state index in [-0.39, 0.29) is 11.4 Å². The first-order valence-electron chi connectivity index (χ1n) is 5.17. The second-order valence-corrected chi connectivity index (χ2v) is 4.36. The topological polar surface area (TPSA) is 26.3 Å². The zero-order valence-electron chi connectivity index (χ0n) is 10.5. The number of ether oxygens (including phenoxy) is 1. The summed E-state index contributed by atoms with van der Waals surface area (Å²) in [4.78, 5) is 10.6. The number of carbonyl (C=O) groups excluding carboxylic acids is 1. The number of carbonyl (C=O) groups is 1. The van der Waals surface area contributed by atoms with Crippen molar-refractivity contribution in [1.82, 2.24) is 0 Å². The summed E-state index contributed by atoms with van der Waals surface area (Å²) in [6.45, 7) is 9.09. The highest BCUT2D eigenvalue weighted by Crippen LogP contribution is 2.13. The highest BCUT2D eigenvalue weighted by atomic mass is 16.5. The van der Waals surface area contributed by atoms with E-state index in [9.17, 15) is 4.79 Å². The van der Waals surface area contributed by atoms with Crippen molar-refractivity contribution < 1.29 is 9.53 Å². The lowest BCUT2D eigenvalue weighted by Gasteiger charge is -2.13. The third kappa shape index (κ3) is 6.02. The summed E-state index contributed by atoms with van der Waals surface area (Å²) in [6.07, 6.45) is 1.83. The highest BCUT2D eigenvalue weighted by molar-refractivity contribution is 5.75. The van der Waals surface area contributed by atoms with Gasteiger partial charge in [-0.25, -0.2) is 0 Å². The van der Waals surface area contributed by atoms with Gasteiger partial charge in [-0.3, -0.25) is 4.79 Å². The van der Waals surface area contributed by atoms with Crippen molar-refractivity contribution >= 4 is 12.0 Å². The first-order valence-corrected chi connectivity index (χ1v) is 5.17. The van der Waals surface area contributed by atoms with Crippen LogP contribution in [0.2, 0.25) is 0 Å². The van der Waals surface area contributed by atoms with Crippen LogP contribution in [0.3, 0.4) is 0 Å². The molecule has 0 unspecified atom stereocenters. The lowest BCUT2D eigenvalue weighted by atomic mass is 9.98. The second-order valence-electron chi connectivity index (χ2n) is 4.36. The van der Waals surface area contributed by atoms with E-state index in [2.05, 4.69) is 11.3 Å². The molecule has 0 spiro atoms. The van der Waals surface area contributed by atoms with E-state index >= 15 is 0 Å². The molecule has 0 fully saturated rings. The molecule has 0 amide bonds. The molecular weight excluding hydrogens is 200 g/mol. The van der Waals surface area contributed by atoms with Crippen LogP contribution in [0.1, 0.15) is 26.3 Å². The molecular formula is C14H20O2. The van der Waals surface area contributed by atoms with Gasteiger partial charge >= 0.3 is 5.97 Å². The summed E-state index contributed by atoms with van der Waals surface area (Å²) in [7, 11) is 1.40. The molecule has 0 N–H and O–H groups in total. The maximum Gasteiger partial charge on any atom is 0.310 e. The number of methoxy groups -OCH3 is 1. The van der Waals surface area contributed by atoms with Crippen LogP contribution in [0, 0.1) is 5.41 Å². The van der Waals surface area contributed by atoms with Gasteiger partial charge in [0.2, 0.25) is 0 Å². The second kappa shape index (κ2) is 6.83. The summed E-state index contributed by atoms with van der Waals surface area (Å²) in [5, 5.41) is 0. The van der Waals surface area contributed by atoms with Crippen molar-refractivity contribution in [2.45, 2.75) is 20.8 Å². The van der Waals surface area contributed by atoms with E-state index in [1.54, 1.807) is 0 Å². The quantitative estimate of drug-likeness (QED) is 0.677. The summed E-state index contributed by atoms with van der Waals surface area (Å²) >= 11 is 0. The minimum Gasteiger partial charge on any atom is -0.469 e. The van der Waals surface area contributed by atoms with E-state index in [1.807, 2.05) is 57.2 Å². The van der Waals surface area contributed by atoms with Crippen LogP contribution in [0.15, 0.2) is 36.9 Å². The fraction of sp³-hybridized carbons (Fsp3) is 0.357. The molecule has 0 saturated heterocycles. The van der Waals surface area contributed by atoms with Gasteiger partial charge in [0.05, 0.1) is 12.5 Å². The van der Waals surface area contributed by atoms with Crippen LogP contribution in [0.25, 0.3) is 6.08 Å². The van der Waals surface area contributed by atoms with Crippen LogP contribution in [-0.2, 0) is 9.53 Å². The van der Waals surface area contributed by atoms with Crippen molar-refractivity contribution in [1.29, 1.82) is 0 Å². The Balaban J connectivity index is 0.000000281. The van der Waals surface area contributed by atoms with Crippen LogP contribution in [0.4, 0.5) is 0 Å². The number of hydrogen-bond acceptors (Lipinski definition) is 2. The van der Waals surface area contributed by atoms with Gasteiger partial charge in [0, 0.05) is 0 Å². The Morgan fingerprint density at radius 3 is 1.94 bits per heavy atom. The van der Waals surface area contributed by atoms with Crippen LogP contribution < -0.4 is 0 Å². The SMILES string of the molecule is C=Cc1ccccc1.COC(=O)C(C)(C)C. The Bertz CT molecular complexity index is 320. The molecule has 0 radical (unpaired) electrons. The summed E-state index contributed by atoms with van der Waals surface area (Å²) < 4.78 is 4.48. The normalized spacial score (nSPS) is 9.75. The minimum atomic E-state index is -0.352. The highest BCUT2D eigenvalue weighted by Gasteiger charge is 2.21. The van der Waals surface area contributed by atoms with Gasteiger partial charge in [-0.15, -0.1) is 0 Å². The predicted octanol–water partition coefficient (Wildman–Crippen LogP) is 3.54. The van der Waals surface area contributed by atoms with Crippen molar-refractivity contribution in [3.05, 3.63) is 42.5 Å². The van der Waals surface area contributed by atoms with Crippen LogP contribution >= 0.6 is 0 Å². The average molecular weight is 220 g/mol. The van der Waals surface area contributed by atoms with Crippen molar-refractivity contribution in [2.75, 3.05) is 7.11 Å². The van der Waals surface area contributed by atoms with Gasteiger partial charge < -0.3 is 4.74 Å². The summed E-state index contributed by atoms with van der Waals surface area (Å²) in [6, 6.07) is 10.0. The maximum absolute atomic E-state index is 10.6. The van der Waals surface area contributed by atoms with Gasteiger partial charge in [0.25, 0.3) is 0 Å². The molecule has 2 heteroatoms. The fourth-order valence-electron chi connectivity index (χ4n) is 0.895. The van der Waals surface area contributed by atoms with Crippen LogP contribution in [0.5, 0.6) is 0 Å². The summed E-state index contributed by atoms with van der Waals surface area (Å²) in [5.41, 5.74) is 0.821. The molecule has 88 valence electrons. The molecule has 0 atom stereocenters. The lowest BCUT2D eigenvalue weighted by Crippen LogP contribution is -2.21. The minimum absolute atomic E-state index is 0.169. The molecule has 1 rings (SSSR count). The van der Waals surface area contributed by atoms with E-state index in [1.165, 1.54) is 12.7 Å². The first-order chi connectivity index (χ1) is 7.41. The number of esters is 1. The molecule has 0 aliphatic heterocycles. The molecule has 0 aromatic heterocycles. The molecule has 0 heterocycles. The average Bonchev–Trinajstić information content (AvgIpc) is 2.28. The van der Waals surface area contributed by atoms with Crippen molar-refractivity contribution in [2.24, 2.45) is 5.41 Å². The first kappa shape index (κ1) is 14.4. The smallest absolute Gasteiger partial charge is 0.310 e. The molecule has 2 nitrogen and oxygen atoms in total. The van der Waals surface area contributed by atoms with Gasteiger partial charge in [-0.05, 0) is 26.3 Å². The number of benzene rings is 1. The number of rotatable bonds is 1. The zero-order chi connectivity index (χ0) is 12.6.